The molecule has 0 bridgehead atoms. The minimum absolute atomic E-state index is 0.259. The molecule has 128 valence electrons. The molecule has 4 rings (SSSR count). The predicted octanol–water partition coefficient (Wildman–Crippen LogP) is 3.90. The van der Waals surface area contributed by atoms with Crippen LogP contribution in [0.5, 0.6) is 0 Å². The lowest BCUT2D eigenvalue weighted by molar-refractivity contribution is 0.120. The number of pyridine rings is 1. The van der Waals surface area contributed by atoms with E-state index in [4.69, 9.17) is 9.72 Å². The standard InChI is InChI=1S/C20H22N4O/c1-2-6-14-11-19(22-13-15-7-5-10-25-15)24-18-9-4-3-8-17(18)23-20(24)16(14)12-21/h3-4,8-9,11,15,22H,2,5-7,10,13H2,1H3/t15-/m0/s1. The van der Waals surface area contributed by atoms with E-state index in [1.807, 2.05) is 24.3 Å². The number of hydrogen-bond acceptors (Lipinski definition) is 4. The fourth-order valence-electron chi connectivity index (χ4n) is 3.63. The van der Waals surface area contributed by atoms with Crippen LogP contribution in [0.4, 0.5) is 5.82 Å². The highest BCUT2D eigenvalue weighted by atomic mass is 16.5. The topological polar surface area (TPSA) is 62.4 Å². The summed E-state index contributed by atoms with van der Waals surface area (Å²) >= 11 is 0. The second-order valence-corrected chi connectivity index (χ2v) is 6.57. The van der Waals surface area contributed by atoms with Crippen molar-refractivity contribution < 1.29 is 4.74 Å². The van der Waals surface area contributed by atoms with Gasteiger partial charge in [-0.3, -0.25) is 4.40 Å². The van der Waals surface area contributed by atoms with E-state index in [0.29, 0.717) is 5.56 Å². The molecule has 0 unspecified atom stereocenters. The van der Waals surface area contributed by atoms with Gasteiger partial charge < -0.3 is 10.1 Å². The number of nitriles is 1. The Labute approximate surface area is 147 Å². The summed E-state index contributed by atoms with van der Waals surface area (Å²) in [4.78, 5) is 4.74. The molecule has 1 N–H and O–H groups in total. The Morgan fingerprint density at radius 3 is 3.04 bits per heavy atom. The van der Waals surface area contributed by atoms with Crippen LogP contribution in [0.3, 0.4) is 0 Å². The fourth-order valence-corrected chi connectivity index (χ4v) is 3.63. The molecule has 1 fully saturated rings. The minimum atomic E-state index is 0.259. The van der Waals surface area contributed by atoms with Crippen LogP contribution >= 0.6 is 0 Å². The number of ether oxygens (including phenoxy) is 1. The van der Waals surface area contributed by atoms with E-state index in [1.165, 1.54) is 0 Å². The number of benzene rings is 1. The number of nitrogens with one attached hydrogen (secondary N) is 1. The van der Waals surface area contributed by atoms with Gasteiger partial charge >= 0.3 is 0 Å². The molecular weight excluding hydrogens is 312 g/mol. The molecule has 0 aliphatic carbocycles. The highest BCUT2D eigenvalue weighted by molar-refractivity contribution is 5.85. The summed E-state index contributed by atoms with van der Waals surface area (Å²) in [6, 6.07) is 12.5. The van der Waals surface area contributed by atoms with Crippen molar-refractivity contribution in [1.82, 2.24) is 9.38 Å². The second-order valence-electron chi connectivity index (χ2n) is 6.57. The molecule has 1 atom stereocenters. The lowest BCUT2D eigenvalue weighted by atomic mass is 10.1. The Morgan fingerprint density at radius 1 is 1.40 bits per heavy atom. The van der Waals surface area contributed by atoms with Crippen molar-refractivity contribution in [2.75, 3.05) is 18.5 Å². The molecule has 5 nitrogen and oxygen atoms in total. The highest BCUT2D eigenvalue weighted by Crippen LogP contribution is 2.28. The third-order valence-electron chi connectivity index (χ3n) is 4.82. The molecule has 0 saturated carbocycles. The smallest absolute Gasteiger partial charge is 0.157 e. The van der Waals surface area contributed by atoms with Gasteiger partial charge in [0.1, 0.15) is 11.9 Å². The third kappa shape index (κ3) is 2.83. The maximum atomic E-state index is 9.72. The summed E-state index contributed by atoms with van der Waals surface area (Å²) in [5.41, 5.74) is 4.41. The van der Waals surface area contributed by atoms with Gasteiger partial charge in [-0.05, 0) is 43.0 Å². The average molecular weight is 334 g/mol. The first-order chi connectivity index (χ1) is 12.3. The van der Waals surface area contributed by atoms with Gasteiger partial charge in [0.15, 0.2) is 5.65 Å². The van der Waals surface area contributed by atoms with Crippen molar-refractivity contribution in [1.29, 1.82) is 5.26 Å². The van der Waals surface area contributed by atoms with Crippen molar-refractivity contribution in [2.24, 2.45) is 0 Å². The van der Waals surface area contributed by atoms with Crippen molar-refractivity contribution >= 4 is 22.5 Å². The average Bonchev–Trinajstić information content (AvgIpc) is 3.27. The number of hydrogen-bond donors (Lipinski definition) is 1. The quantitative estimate of drug-likeness (QED) is 0.768. The summed E-state index contributed by atoms with van der Waals surface area (Å²) in [5.74, 6) is 0.988. The number of fused-ring (bicyclic) bond motifs is 3. The number of aryl methyl sites for hydroxylation is 1. The molecule has 3 heterocycles. The van der Waals surface area contributed by atoms with E-state index in [1.54, 1.807) is 0 Å². The third-order valence-corrected chi connectivity index (χ3v) is 4.82. The zero-order valence-electron chi connectivity index (χ0n) is 14.5. The molecule has 25 heavy (non-hydrogen) atoms. The molecule has 1 aliphatic rings. The van der Waals surface area contributed by atoms with Crippen LogP contribution in [0.1, 0.15) is 37.3 Å². The maximum absolute atomic E-state index is 9.72. The molecule has 5 heteroatoms. The predicted molar refractivity (Wildman–Crippen MR) is 98.9 cm³/mol. The van der Waals surface area contributed by atoms with E-state index >= 15 is 0 Å². The zero-order valence-corrected chi connectivity index (χ0v) is 14.5. The normalized spacial score (nSPS) is 17.2. The van der Waals surface area contributed by atoms with Crippen LogP contribution in [0.25, 0.3) is 16.7 Å². The zero-order chi connectivity index (χ0) is 17.2. The van der Waals surface area contributed by atoms with Crippen LogP contribution in [0, 0.1) is 11.3 Å². The molecule has 2 aromatic heterocycles. The van der Waals surface area contributed by atoms with Gasteiger partial charge in [-0.15, -0.1) is 0 Å². The maximum Gasteiger partial charge on any atom is 0.157 e. The molecule has 0 spiro atoms. The number of anilines is 1. The van der Waals surface area contributed by atoms with Gasteiger partial charge in [0.05, 0.1) is 22.7 Å². The lowest BCUT2D eigenvalue weighted by Crippen LogP contribution is -2.20. The molecular formula is C20H22N4O. The number of nitrogens with zero attached hydrogens (tertiary/aromatic N) is 3. The van der Waals surface area contributed by atoms with E-state index in [2.05, 4.69) is 28.8 Å². The van der Waals surface area contributed by atoms with Gasteiger partial charge in [-0.2, -0.15) is 5.26 Å². The van der Waals surface area contributed by atoms with Crippen LogP contribution < -0.4 is 5.32 Å². The van der Waals surface area contributed by atoms with Crippen LogP contribution in [-0.4, -0.2) is 28.6 Å². The Hall–Kier alpha value is -2.58. The summed E-state index contributed by atoms with van der Waals surface area (Å²) in [5, 5.41) is 13.3. The molecule has 1 aliphatic heterocycles. The van der Waals surface area contributed by atoms with Crippen molar-refractivity contribution in [3.63, 3.8) is 0 Å². The van der Waals surface area contributed by atoms with Gasteiger partial charge in [-0.1, -0.05) is 25.5 Å². The number of imidazole rings is 1. The van der Waals surface area contributed by atoms with E-state index in [9.17, 15) is 5.26 Å². The van der Waals surface area contributed by atoms with Gasteiger partial charge in [0.2, 0.25) is 0 Å². The first-order valence-corrected chi connectivity index (χ1v) is 9.00. The summed E-state index contributed by atoms with van der Waals surface area (Å²) in [6.07, 6.45) is 4.35. The molecule has 0 radical (unpaired) electrons. The Bertz CT molecular complexity index is 948. The minimum Gasteiger partial charge on any atom is -0.376 e. The number of para-hydroxylation sites is 2. The van der Waals surface area contributed by atoms with E-state index in [-0.39, 0.29) is 6.10 Å². The largest absolute Gasteiger partial charge is 0.376 e. The van der Waals surface area contributed by atoms with Crippen LogP contribution in [0.15, 0.2) is 30.3 Å². The first kappa shape index (κ1) is 15.9. The van der Waals surface area contributed by atoms with Crippen molar-refractivity contribution in [3.05, 3.63) is 41.5 Å². The van der Waals surface area contributed by atoms with Crippen molar-refractivity contribution in [3.8, 4) is 6.07 Å². The van der Waals surface area contributed by atoms with Crippen LogP contribution in [0.2, 0.25) is 0 Å². The second kappa shape index (κ2) is 6.73. The van der Waals surface area contributed by atoms with E-state index in [0.717, 1.165) is 66.9 Å². The summed E-state index contributed by atoms with van der Waals surface area (Å²) in [7, 11) is 0. The molecule has 0 amide bonds. The Morgan fingerprint density at radius 2 is 2.28 bits per heavy atom. The Balaban J connectivity index is 1.87. The molecule has 1 saturated heterocycles. The number of rotatable bonds is 5. The Kier molecular flexibility index (Phi) is 4.29. The van der Waals surface area contributed by atoms with Crippen LogP contribution in [-0.2, 0) is 11.2 Å². The molecule has 1 aromatic carbocycles. The van der Waals surface area contributed by atoms with Gasteiger partial charge in [-0.25, -0.2) is 4.98 Å². The highest BCUT2D eigenvalue weighted by Gasteiger charge is 2.19. The summed E-state index contributed by atoms with van der Waals surface area (Å²) < 4.78 is 7.81. The first-order valence-electron chi connectivity index (χ1n) is 9.00. The van der Waals surface area contributed by atoms with Crippen molar-refractivity contribution in [2.45, 2.75) is 38.7 Å². The lowest BCUT2D eigenvalue weighted by Gasteiger charge is -2.16. The van der Waals surface area contributed by atoms with Gasteiger partial charge in [0.25, 0.3) is 0 Å². The van der Waals surface area contributed by atoms with Gasteiger partial charge in [0, 0.05) is 13.2 Å². The monoisotopic (exact) mass is 334 g/mol. The fraction of sp³-hybridized carbons (Fsp3) is 0.400. The SMILES string of the molecule is CCCc1cc(NC[C@@H]2CCCO2)n2c(nc3ccccc32)c1C#N. The molecule has 3 aromatic rings. The number of aromatic nitrogens is 2. The van der Waals surface area contributed by atoms with E-state index < -0.39 is 0 Å². The summed E-state index contributed by atoms with van der Waals surface area (Å²) in [6.45, 7) is 3.76.